The number of halogens is 3. The third kappa shape index (κ3) is 4.80. The van der Waals surface area contributed by atoms with Crippen molar-refractivity contribution in [2.24, 2.45) is 0 Å². The highest BCUT2D eigenvalue weighted by atomic mass is 32.2. The second kappa shape index (κ2) is 8.70. The SMILES string of the molecule is CC(Sc1ncc(-c2ccccc2)n1CC(F)(F)F)C(=O)c1ccc2c(c1)NC(=O)CO2. The van der Waals surface area contributed by atoms with E-state index in [4.69, 9.17) is 4.74 Å². The van der Waals surface area contributed by atoms with E-state index in [1.807, 2.05) is 0 Å². The number of thioether (sulfide) groups is 1. The predicted molar refractivity (Wildman–Crippen MR) is 114 cm³/mol. The van der Waals surface area contributed by atoms with E-state index in [-0.39, 0.29) is 23.5 Å². The number of ketones is 1. The van der Waals surface area contributed by atoms with Crippen LogP contribution in [0.5, 0.6) is 5.75 Å². The van der Waals surface area contributed by atoms with Crippen LogP contribution in [0, 0.1) is 0 Å². The molecule has 1 N–H and O–H groups in total. The van der Waals surface area contributed by atoms with Crippen LogP contribution in [0.3, 0.4) is 0 Å². The molecule has 0 bridgehead atoms. The molecule has 2 heterocycles. The molecule has 1 amide bonds. The van der Waals surface area contributed by atoms with Gasteiger partial charge in [-0.1, -0.05) is 42.1 Å². The summed E-state index contributed by atoms with van der Waals surface area (Å²) in [5.41, 5.74) is 1.61. The number of rotatable bonds is 6. The van der Waals surface area contributed by atoms with Crippen molar-refractivity contribution in [1.29, 1.82) is 0 Å². The Morgan fingerprint density at radius 3 is 2.72 bits per heavy atom. The van der Waals surface area contributed by atoms with Gasteiger partial charge in [-0.2, -0.15) is 13.2 Å². The Hall–Kier alpha value is -3.27. The average Bonchev–Trinajstić information content (AvgIpc) is 3.13. The van der Waals surface area contributed by atoms with Gasteiger partial charge in [0.2, 0.25) is 0 Å². The van der Waals surface area contributed by atoms with Crippen LogP contribution in [-0.4, -0.2) is 39.3 Å². The molecule has 32 heavy (non-hydrogen) atoms. The topological polar surface area (TPSA) is 73.2 Å². The van der Waals surface area contributed by atoms with E-state index in [9.17, 15) is 22.8 Å². The minimum Gasteiger partial charge on any atom is -0.482 e. The number of aromatic nitrogens is 2. The fourth-order valence-electron chi connectivity index (χ4n) is 3.31. The maximum Gasteiger partial charge on any atom is 0.406 e. The van der Waals surface area contributed by atoms with Crippen LogP contribution in [-0.2, 0) is 11.3 Å². The smallest absolute Gasteiger partial charge is 0.406 e. The third-order valence-corrected chi connectivity index (χ3v) is 5.88. The number of carbonyl (C=O) groups excluding carboxylic acids is 2. The van der Waals surface area contributed by atoms with Gasteiger partial charge in [0.05, 0.1) is 22.8 Å². The third-order valence-electron chi connectivity index (χ3n) is 4.77. The molecule has 0 radical (unpaired) electrons. The van der Waals surface area contributed by atoms with Crippen molar-refractivity contribution in [3.63, 3.8) is 0 Å². The molecule has 0 saturated heterocycles. The summed E-state index contributed by atoms with van der Waals surface area (Å²) in [7, 11) is 0. The largest absolute Gasteiger partial charge is 0.482 e. The number of hydrogen-bond donors (Lipinski definition) is 1. The number of benzene rings is 2. The Kier molecular flexibility index (Phi) is 5.96. The lowest BCUT2D eigenvalue weighted by Gasteiger charge is -2.19. The number of anilines is 1. The molecule has 10 heteroatoms. The summed E-state index contributed by atoms with van der Waals surface area (Å²) < 4.78 is 46.2. The van der Waals surface area contributed by atoms with E-state index in [0.717, 1.165) is 16.3 Å². The van der Waals surface area contributed by atoms with E-state index in [0.29, 0.717) is 28.3 Å². The highest BCUT2D eigenvalue weighted by molar-refractivity contribution is 8.00. The highest BCUT2D eigenvalue weighted by Gasteiger charge is 2.32. The van der Waals surface area contributed by atoms with Crippen molar-refractivity contribution < 1.29 is 27.5 Å². The fraction of sp³-hybridized carbons (Fsp3) is 0.227. The Morgan fingerprint density at radius 1 is 1.25 bits per heavy atom. The molecule has 2 aromatic carbocycles. The Balaban J connectivity index is 1.59. The Bertz CT molecular complexity index is 1160. The van der Waals surface area contributed by atoms with Crippen LogP contribution in [0.1, 0.15) is 17.3 Å². The highest BCUT2D eigenvalue weighted by Crippen LogP contribution is 2.34. The molecule has 1 unspecified atom stereocenters. The number of ether oxygens (including phenoxy) is 1. The van der Waals surface area contributed by atoms with Gasteiger partial charge in [-0.3, -0.25) is 9.59 Å². The number of nitrogens with one attached hydrogen (secondary N) is 1. The van der Waals surface area contributed by atoms with Crippen LogP contribution in [0.4, 0.5) is 18.9 Å². The molecule has 1 aromatic heterocycles. The molecule has 1 atom stereocenters. The van der Waals surface area contributed by atoms with Crippen LogP contribution >= 0.6 is 11.8 Å². The first-order valence-electron chi connectivity index (χ1n) is 9.66. The van der Waals surface area contributed by atoms with Crippen molar-refractivity contribution in [3.8, 4) is 17.0 Å². The van der Waals surface area contributed by atoms with Crippen LogP contribution in [0.15, 0.2) is 59.9 Å². The van der Waals surface area contributed by atoms with Crippen molar-refractivity contribution in [2.45, 2.75) is 30.1 Å². The van der Waals surface area contributed by atoms with Crippen LogP contribution in [0.25, 0.3) is 11.3 Å². The quantitative estimate of drug-likeness (QED) is 0.422. The maximum absolute atomic E-state index is 13.3. The zero-order chi connectivity index (χ0) is 22.9. The molecule has 3 aromatic rings. The molecule has 0 aliphatic carbocycles. The standard InChI is InChI=1S/C22H18F3N3O3S/c1-13(20(30)15-7-8-18-16(9-15)27-19(29)11-31-18)32-21-26-10-17(14-5-3-2-4-6-14)28(21)12-22(23,24)25/h2-10,13H,11-12H2,1H3,(H,27,29). The van der Waals surface area contributed by atoms with Gasteiger partial charge in [0.15, 0.2) is 17.5 Å². The van der Waals surface area contributed by atoms with Gasteiger partial charge >= 0.3 is 6.18 Å². The van der Waals surface area contributed by atoms with Gasteiger partial charge in [-0.25, -0.2) is 4.98 Å². The minimum atomic E-state index is -4.45. The zero-order valence-corrected chi connectivity index (χ0v) is 17.7. The van der Waals surface area contributed by atoms with Gasteiger partial charge in [0, 0.05) is 5.56 Å². The summed E-state index contributed by atoms with van der Waals surface area (Å²) in [6.07, 6.45) is -3.07. The number of Topliss-reactive ketones (excluding diaryl/α,β-unsaturated/α-hetero) is 1. The first-order valence-corrected chi connectivity index (χ1v) is 10.5. The number of hydrogen-bond acceptors (Lipinski definition) is 5. The first-order chi connectivity index (χ1) is 15.2. The van der Waals surface area contributed by atoms with Crippen molar-refractivity contribution >= 4 is 29.1 Å². The lowest BCUT2D eigenvalue weighted by molar-refractivity contribution is -0.141. The molecule has 0 spiro atoms. The monoisotopic (exact) mass is 461 g/mol. The van der Waals surface area contributed by atoms with E-state index in [1.54, 1.807) is 49.4 Å². The van der Waals surface area contributed by atoms with Crippen LogP contribution < -0.4 is 10.1 Å². The molecule has 6 nitrogen and oxygen atoms in total. The van der Waals surface area contributed by atoms with Crippen molar-refractivity contribution in [2.75, 3.05) is 11.9 Å². The summed E-state index contributed by atoms with van der Waals surface area (Å²) in [6.45, 7) is 0.289. The number of nitrogens with zero attached hydrogens (tertiary/aromatic N) is 2. The lowest BCUT2D eigenvalue weighted by Crippen LogP contribution is -2.26. The molecule has 4 rings (SSSR count). The van der Waals surface area contributed by atoms with E-state index < -0.39 is 18.0 Å². The molecule has 1 aliphatic rings. The Labute approximate surface area is 185 Å². The maximum atomic E-state index is 13.3. The summed E-state index contributed by atoms with van der Waals surface area (Å²) in [6, 6.07) is 13.3. The molecule has 0 fully saturated rings. The molecular formula is C22H18F3N3O3S. The molecule has 0 saturated carbocycles. The Morgan fingerprint density at radius 2 is 2.00 bits per heavy atom. The second-order valence-corrected chi connectivity index (χ2v) is 8.47. The van der Waals surface area contributed by atoms with E-state index >= 15 is 0 Å². The number of alkyl halides is 3. The second-order valence-electron chi connectivity index (χ2n) is 7.17. The first kappa shape index (κ1) is 21.9. The number of imidazole rings is 1. The summed E-state index contributed by atoms with van der Waals surface area (Å²) >= 11 is 0.951. The van der Waals surface area contributed by atoms with Gasteiger partial charge in [0.25, 0.3) is 5.91 Å². The van der Waals surface area contributed by atoms with Crippen molar-refractivity contribution in [3.05, 3.63) is 60.3 Å². The van der Waals surface area contributed by atoms with E-state index in [2.05, 4.69) is 10.3 Å². The molecule has 1 aliphatic heterocycles. The van der Waals surface area contributed by atoms with Gasteiger partial charge in [0.1, 0.15) is 12.3 Å². The summed E-state index contributed by atoms with van der Waals surface area (Å²) in [5, 5.41) is 2.01. The van der Waals surface area contributed by atoms with Gasteiger partial charge in [-0.05, 0) is 30.7 Å². The molecule has 166 valence electrons. The number of carbonyl (C=O) groups is 2. The number of fused-ring (bicyclic) bond motifs is 1. The van der Waals surface area contributed by atoms with Gasteiger partial charge < -0.3 is 14.6 Å². The summed E-state index contributed by atoms with van der Waals surface area (Å²) in [5.74, 6) is -0.178. The minimum absolute atomic E-state index is 0.0941. The molecular weight excluding hydrogens is 443 g/mol. The fourth-order valence-corrected chi connectivity index (χ4v) is 4.27. The van der Waals surface area contributed by atoms with Crippen LogP contribution in [0.2, 0.25) is 0 Å². The normalized spacial score (nSPS) is 14.3. The predicted octanol–water partition coefficient (Wildman–Crippen LogP) is 4.81. The number of amides is 1. The van der Waals surface area contributed by atoms with Gasteiger partial charge in [-0.15, -0.1) is 0 Å². The van der Waals surface area contributed by atoms with Crippen molar-refractivity contribution in [1.82, 2.24) is 9.55 Å². The lowest BCUT2D eigenvalue weighted by atomic mass is 10.1. The van der Waals surface area contributed by atoms with E-state index in [1.165, 1.54) is 12.3 Å². The zero-order valence-electron chi connectivity index (χ0n) is 16.8. The average molecular weight is 461 g/mol. The summed E-state index contributed by atoms with van der Waals surface area (Å²) in [4.78, 5) is 28.7.